The van der Waals surface area contributed by atoms with Crippen LogP contribution in [0.2, 0.25) is 5.02 Å². The number of carbonyl (C=O) groups excluding carboxylic acids is 1. The lowest BCUT2D eigenvalue weighted by atomic mass is 10.2. The maximum absolute atomic E-state index is 11.5. The molecule has 0 unspecified atom stereocenters. The Morgan fingerprint density at radius 2 is 2.25 bits per heavy atom. The molecule has 0 fully saturated rings. The van der Waals surface area contributed by atoms with Gasteiger partial charge in [-0.2, -0.15) is 0 Å². The summed E-state index contributed by atoms with van der Waals surface area (Å²) >= 11 is 9.16. The second-order valence-corrected chi connectivity index (χ2v) is 4.65. The first kappa shape index (κ1) is 13.5. The molecule has 0 saturated carbocycles. The van der Waals surface area contributed by atoms with Crippen LogP contribution in [0.15, 0.2) is 22.7 Å². The molecule has 0 aliphatic carbocycles. The number of benzene rings is 1. The van der Waals surface area contributed by atoms with E-state index in [1.165, 1.54) is 0 Å². The largest absolute Gasteiger partial charge is 0.326 e. The van der Waals surface area contributed by atoms with Crippen LogP contribution in [-0.4, -0.2) is 19.5 Å². The van der Waals surface area contributed by atoms with E-state index < -0.39 is 0 Å². The van der Waals surface area contributed by atoms with Crippen molar-refractivity contribution in [2.75, 3.05) is 18.9 Å². The number of halogens is 2. The predicted molar refractivity (Wildman–Crippen MR) is 70.9 cm³/mol. The zero-order chi connectivity index (χ0) is 12.0. The van der Waals surface area contributed by atoms with Crippen molar-refractivity contribution >= 4 is 39.1 Å². The summed E-state index contributed by atoms with van der Waals surface area (Å²) in [5.41, 5.74) is 0.755. The molecular weight excluding hydrogens is 291 g/mol. The summed E-state index contributed by atoms with van der Waals surface area (Å²) in [4.78, 5) is 11.5. The molecule has 3 nitrogen and oxygen atoms in total. The van der Waals surface area contributed by atoms with E-state index in [2.05, 4.69) is 26.6 Å². The Balaban J connectivity index is 2.46. The lowest BCUT2D eigenvalue weighted by molar-refractivity contribution is -0.116. The molecule has 0 heterocycles. The maximum atomic E-state index is 11.5. The maximum Gasteiger partial charge on any atom is 0.224 e. The van der Waals surface area contributed by atoms with Gasteiger partial charge >= 0.3 is 0 Å². The Morgan fingerprint density at radius 1 is 1.50 bits per heavy atom. The van der Waals surface area contributed by atoms with Crippen LogP contribution in [-0.2, 0) is 4.79 Å². The van der Waals surface area contributed by atoms with Crippen molar-refractivity contribution in [1.82, 2.24) is 5.32 Å². The van der Waals surface area contributed by atoms with Crippen LogP contribution < -0.4 is 10.6 Å². The van der Waals surface area contributed by atoms with Gasteiger partial charge in [0.05, 0.1) is 5.02 Å². The predicted octanol–water partition coefficient (Wildman–Crippen LogP) is 3.04. The third-order valence-corrected chi connectivity index (χ3v) is 3.25. The summed E-state index contributed by atoms with van der Waals surface area (Å²) in [6.45, 7) is 0.845. The molecule has 0 aliphatic rings. The van der Waals surface area contributed by atoms with Gasteiger partial charge in [0.15, 0.2) is 0 Å². The highest BCUT2D eigenvalue weighted by atomic mass is 79.9. The minimum atomic E-state index is 0.0180. The second kappa shape index (κ2) is 6.89. The van der Waals surface area contributed by atoms with Crippen molar-refractivity contribution < 1.29 is 4.79 Å². The first-order valence-corrected chi connectivity index (χ1v) is 6.20. The van der Waals surface area contributed by atoms with Gasteiger partial charge in [-0.3, -0.25) is 4.79 Å². The molecule has 0 spiro atoms. The highest BCUT2D eigenvalue weighted by Gasteiger charge is 2.03. The molecule has 2 N–H and O–H groups in total. The van der Waals surface area contributed by atoms with E-state index >= 15 is 0 Å². The fraction of sp³-hybridized carbons (Fsp3) is 0.364. The Bertz CT molecular complexity index is 371. The lowest BCUT2D eigenvalue weighted by Gasteiger charge is -2.06. The van der Waals surface area contributed by atoms with Gasteiger partial charge in [-0.05, 0) is 54.1 Å². The SMILES string of the molecule is CNCCCC(=O)Nc1ccc(Cl)c(Br)c1. The molecule has 0 aliphatic heterocycles. The average molecular weight is 306 g/mol. The minimum Gasteiger partial charge on any atom is -0.326 e. The molecule has 0 atom stereocenters. The molecule has 0 saturated heterocycles. The number of hydrogen-bond donors (Lipinski definition) is 2. The van der Waals surface area contributed by atoms with Gasteiger partial charge in [0, 0.05) is 16.6 Å². The molecule has 0 bridgehead atoms. The van der Waals surface area contributed by atoms with Gasteiger partial charge in [-0.15, -0.1) is 0 Å². The topological polar surface area (TPSA) is 41.1 Å². The Labute approximate surface area is 109 Å². The number of anilines is 1. The smallest absolute Gasteiger partial charge is 0.224 e. The quantitative estimate of drug-likeness (QED) is 0.821. The number of amides is 1. The third-order valence-electron chi connectivity index (χ3n) is 2.03. The molecule has 0 aromatic heterocycles. The van der Waals surface area contributed by atoms with Crippen molar-refractivity contribution in [3.05, 3.63) is 27.7 Å². The van der Waals surface area contributed by atoms with Gasteiger partial charge in [-0.1, -0.05) is 11.6 Å². The Kier molecular flexibility index (Phi) is 5.80. The van der Waals surface area contributed by atoms with E-state index in [1.54, 1.807) is 18.2 Å². The standard InChI is InChI=1S/C11H14BrClN2O/c1-14-6-2-3-11(16)15-8-4-5-10(13)9(12)7-8/h4-5,7,14H,2-3,6H2,1H3,(H,15,16). The van der Waals surface area contributed by atoms with Gasteiger partial charge in [0.25, 0.3) is 0 Å². The molecular formula is C11H14BrClN2O. The molecule has 1 amide bonds. The molecule has 0 radical (unpaired) electrons. The van der Waals surface area contributed by atoms with Crippen molar-refractivity contribution in [3.8, 4) is 0 Å². The lowest BCUT2D eigenvalue weighted by Crippen LogP contribution is -2.15. The zero-order valence-corrected chi connectivity index (χ0v) is 11.4. The molecule has 1 aromatic carbocycles. The average Bonchev–Trinajstić information content (AvgIpc) is 2.24. The first-order valence-electron chi connectivity index (χ1n) is 5.03. The van der Waals surface area contributed by atoms with Crippen molar-refractivity contribution in [2.24, 2.45) is 0 Å². The summed E-state index contributed by atoms with van der Waals surface area (Å²) in [5, 5.41) is 6.44. The highest BCUT2D eigenvalue weighted by molar-refractivity contribution is 9.10. The van der Waals surface area contributed by atoms with E-state index in [1.807, 2.05) is 7.05 Å². The first-order chi connectivity index (χ1) is 7.63. The van der Waals surface area contributed by atoms with Crippen LogP contribution in [0.5, 0.6) is 0 Å². The van der Waals surface area contributed by atoms with E-state index in [0.29, 0.717) is 11.4 Å². The number of rotatable bonds is 5. The normalized spacial score (nSPS) is 10.2. The Morgan fingerprint density at radius 3 is 2.88 bits per heavy atom. The van der Waals surface area contributed by atoms with Gasteiger partial charge < -0.3 is 10.6 Å². The van der Waals surface area contributed by atoms with Gasteiger partial charge in [0.1, 0.15) is 0 Å². The molecule has 1 aromatic rings. The highest BCUT2D eigenvalue weighted by Crippen LogP contribution is 2.25. The van der Waals surface area contributed by atoms with Crippen molar-refractivity contribution in [1.29, 1.82) is 0 Å². The van der Waals surface area contributed by atoms with Crippen LogP contribution in [0.25, 0.3) is 0 Å². The van der Waals surface area contributed by atoms with E-state index in [9.17, 15) is 4.79 Å². The van der Waals surface area contributed by atoms with Crippen LogP contribution >= 0.6 is 27.5 Å². The fourth-order valence-corrected chi connectivity index (χ4v) is 1.72. The monoisotopic (exact) mass is 304 g/mol. The van der Waals surface area contributed by atoms with Crippen molar-refractivity contribution in [3.63, 3.8) is 0 Å². The van der Waals surface area contributed by atoms with Crippen LogP contribution in [0.1, 0.15) is 12.8 Å². The van der Waals surface area contributed by atoms with E-state index in [0.717, 1.165) is 23.1 Å². The summed E-state index contributed by atoms with van der Waals surface area (Å²) in [6, 6.07) is 5.32. The van der Waals surface area contributed by atoms with E-state index in [4.69, 9.17) is 11.6 Å². The second-order valence-electron chi connectivity index (χ2n) is 3.38. The number of carbonyl (C=O) groups is 1. The van der Waals surface area contributed by atoms with Crippen LogP contribution in [0.3, 0.4) is 0 Å². The number of nitrogens with one attached hydrogen (secondary N) is 2. The van der Waals surface area contributed by atoms with Gasteiger partial charge in [-0.25, -0.2) is 0 Å². The Hall–Kier alpha value is -0.580. The number of hydrogen-bond acceptors (Lipinski definition) is 2. The molecule has 88 valence electrons. The molecule has 1 rings (SSSR count). The summed E-state index contributed by atoms with van der Waals surface area (Å²) in [6.07, 6.45) is 1.35. The fourth-order valence-electron chi connectivity index (χ4n) is 1.22. The molecule has 5 heteroatoms. The summed E-state index contributed by atoms with van der Waals surface area (Å²) in [7, 11) is 1.87. The summed E-state index contributed by atoms with van der Waals surface area (Å²) < 4.78 is 0.780. The zero-order valence-electron chi connectivity index (χ0n) is 9.02. The van der Waals surface area contributed by atoms with Crippen LogP contribution in [0.4, 0.5) is 5.69 Å². The van der Waals surface area contributed by atoms with E-state index in [-0.39, 0.29) is 5.91 Å². The summed E-state index contributed by atoms with van der Waals surface area (Å²) in [5.74, 6) is 0.0180. The third kappa shape index (κ3) is 4.51. The van der Waals surface area contributed by atoms with Crippen LogP contribution in [0, 0.1) is 0 Å². The molecule has 16 heavy (non-hydrogen) atoms. The van der Waals surface area contributed by atoms with Crippen molar-refractivity contribution in [2.45, 2.75) is 12.8 Å². The van der Waals surface area contributed by atoms with Gasteiger partial charge in [0.2, 0.25) is 5.91 Å². The minimum absolute atomic E-state index is 0.0180.